The van der Waals surface area contributed by atoms with Gasteiger partial charge in [0.2, 0.25) is 5.78 Å². The summed E-state index contributed by atoms with van der Waals surface area (Å²) in [5, 5.41) is 3.12. The minimum atomic E-state index is -0.662. The second-order valence-corrected chi connectivity index (χ2v) is 9.89. The van der Waals surface area contributed by atoms with E-state index in [0.717, 1.165) is 5.56 Å². The molecule has 0 spiro atoms. The zero-order valence-electron chi connectivity index (χ0n) is 21.5. The van der Waals surface area contributed by atoms with Gasteiger partial charge < -0.3 is 15.1 Å². The van der Waals surface area contributed by atoms with Crippen LogP contribution in [0.15, 0.2) is 30.3 Å². The molecule has 2 amide bonds. The molecule has 1 unspecified atom stereocenters. The van der Waals surface area contributed by atoms with Gasteiger partial charge in [-0.1, -0.05) is 12.1 Å². The van der Waals surface area contributed by atoms with Crippen LogP contribution in [0.1, 0.15) is 53.9 Å². The van der Waals surface area contributed by atoms with Crippen LogP contribution in [-0.4, -0.2) is 82.6 Å². The molecule has 0 radical (unpaired) electrons. The van der Waals surface area contributed by atoms with E-state index in [-0.39, 0.29) is 30.4 Å². The minimum Gasteiger partial charge on any atom is -0.369 e. The maximum atomic E-state index is 13.7. The van der Waals surface area contributed by atoms with Gasteiger partial charge in [-0.15, -0.1) is 0 Å². The summed E-state index contributed by atoms with van der Waals surface area (Å²) in [6, 6.07) is 8.32. The van der Waals surface area contributed by atoms with E-state index in [9.17, 15) is 18.8 Å². The van der Waals surface area contributed by atoms with Gasteiger partial charge >= 0.3 is 0 Å². The van der Waals surface area contributed by atoms with E-state index in [2.05, 4.69) is 22.1 Å². The molecule has 2 aromatic rings. The first-order valence-electron chi connectivity index (χ1n) is 12.4. The van der Waals surface area contributed by atoms with Crippen molar-refractivity contribution in [1.82, 2.24) is 19.7 Å². The molecule has 8 nitrogen and oxygen atoms in total. The molecule has 1 aromatic heterocycles. The number of hydrogen-bond donors (Lipinski definition) is 1. The predicted molar refractivity (Wildman–Crippen MR) is 135 cm³/mol. The Morgan fingerprint density at radius 3 is 2.50 bits per heavy atom. The number of aryl methyl sites for hydroxylation is 1. The quantitative estimate of drug-likeness (QED) is 0.621. The van der Waals surface area contributed by atoms with Crippen LogP contribution in [0, 0.1) is 12.7 Å². The summed E-state index contributed by atoms with van der Waals surface area (Å²) in [5.74, 6) is -1.52. The van der Waals surface area contributed by atoms with Crippen molar-refractivity contribution in [2.45, 2.75) is 52.2 Å². The molecule has 0 saturated carbocycles. The second kappa shape index (κ2) is 10.3. The van der Waals surface area contributed by atoms with Gasteiger partial charge in [0, 0.05) is 57.4 Å². The van der Waals surface area contributed by atoms with Gasteiger partial charge in [0.25, 0.3) is 11.8 Å². The molecule has 3 atom stereocenters. The molecule has 9 heteroatoms. The number of nitrogens with one attached hydrogen (secondary N) is 1. The van der Waals surface area contributed by atoms with Gasteiger partial charge in [0.15, 0.2) is 0 Å². The maximum Gasteiger partial charge on any atom is 0.290 e. The molecule has 1 fully saturated rings. The van der Waals surface area contributed by atoms with Gasteiger partial charge in [0.1, 0.15) is 11.6 Å². The molecule has 192 valence electrons. The zero-order chi connectivity index (χ0) is 26.1. The van der Waals surface area contributed by atoms with Crippen LogP contribution < -0.4 is 5.32 Å². The highest BCUT2D eigenvalue weighted by Crippen LogP contribution is 2.33. The van der Waals surface area contributed by atoms with Gasteiger partial charge in [-0.25, -0.2) is 9.37 Å². The molecular weight excluding hydrogens is 461 g/mol. The molecule has 3 heterocycles. The van der Waals surface area contributed by atoms with Crippen molar-refractivity contribution in [2.24, 2.45) is 0 Å². The standard InChI is InChI=1S/C27H34FN5O3/c1-6-31(5)27(36)24(34)23-12-29-25-22(23)11-21(18(4)30-25)26(35)33-14-16(2)32(13-17(33)3)15-19-7-9-20(28)10-8-19/h7-11,16-17,23H,6,12-15H2,1-5H3,(H,29,30)/t16-,17+,23?/m0/s1. The average Bonchev–Trinajstić information content (AvgIpc) is 3.27. The topological polar surface area (TPSA) is 85.8 Å². The zero-order valence-corrected chi connectivity index (χ0v) is 21.5. The van der Waals surface area contributed by atoms with Gasteiger partial charge in [-0.2, -0.15) is 0 Å². The van der Waals surface area contributed by atoms with Crippen molar-refractivity contribution in [3.63, 3.8) is 0 Å². The number of nitrogens with zero attached hydrogens (tertiary/aromatic N) is 4. The van der Waals surface area contributed by atoms with Crippen molar-refractivity contribution in [1.29, 1.82) is 0 Å². The number of amides is 2. The Hall–Kier alpha value is -3.33. The number of carbonyl (C=O) groups is 3. The molecule has 36 heavy (non-hydrogen) atoms. The normalized spacial score (nSPS) is 21.6. The third-order valence-electron chi connectivity index (χ3n) is 7.35. The third kappa shape index (κ3) is 4.97. The van der Waals surface area contributed by atoms with Crippen LogP contribution in [0.5, 0.6) is 0 Å². The molecule has 0 bridgehead atoms. The van der Waals surface area contributed by atoms with Gasteiger partial charge in [-0.05, 0) is 51.5 Å². The summed E-state index contributed by atoms with van der Waals surface area (Å²) >= 11 is 0. The summed E-state index contributed by atoms with van der Waals surface area (Å²) in [5.41, 5.74) is 2.67. The average molecular weight is 496 g/mol. The van der Waals surface area contributed by atoms with E-state index >= 15 is 0 Å². The molecule has 2 aliphatic heterocycles. The highest BCUT2D eigenvalue weighted by molar-refractivity contribution is 6.38. The number of pyridine rings is 1. The van der Waals surface area contributed by atoms with Crippen LogP contribution in [0.2, 0.25) is 0 Å². The lowest BCUT2D eigenvalue weighted by Gasteiger charge is -2.44. The summed E-state index contributed by atoms with van der Waals surface area (Å²) in [7, 11) is 1.60. The number of fused-ring (bicyclic) bond motifs is 1. The first-order valence-corrected chi connectivity index (χ1v) is 12.4. The number of piperazine rings is 1. The number of ketones is 1. The fourth-order valence-electron chi connectivity index (χ4n) is 4.95. The van der Waals surface area contributed by atoms with Crippen molar-refractivity contribution in [3.05, 3.63) is 58.5 Å². The number of likely N-dealkylation sites (N-methyl/N-ethyl adjacent to an activating group) is 1. The lowest BCUT2D eigenvalue weighted by atomic mass is 9.94. The number of benzene rings is 1. The number of anilines is 1. The molecular formula is C27H34FN5O3. The van der Waals surface area contributed by atoms with Crippen molar-refractivity contribution >= 4 is 23.4 Å². The fraction of sp³-hybridized carbons (Fsp3) is 0.481. The fourth-order valence-corrected chi connectivity index (χ4v) is 4.95. The van der Waals surface area contributed by atoms with E-state index in [1.165, 1.54) is 17.0 Å². The Kier molecular flexibility index (Phi) is 7.40. The van der Waals surface area contributed by atoms with E-state index in [1.807, 2.05) is 18.7 Å². The largest absolute Gasteiger partial charge is 0.369 e. The molecule has 1 N–H and O–H groups in total. The van der Waals surface area contributed by atoms with Crippen molar-refractivity contribution in [2.75, 3.05) is 38.5 Å². The summed E-state index contributed by atoms with van der Waals surface area (Å²) in [6.07, 6.45) is 0. The Balaban J connectivity index is 1.52. The van der Waals surface area contributed by atoms with Crippen LogP contribution in [0.3, 0.4) is 0 Å². The van der Waals surface area contributed by atoms with E-state index in [4.69, 9.17) is 0 Å². The molecule has 2 aliphatic rings. The first kappa shape index (κ1) is 25.8. The van der Waals surface area contributed by atoms with Crippen LogP contribution in [0.4, 0.5) is 10.2 Å². The van der Waals surface area contributed by atoms with Crippen molar-refractivity contribution < 1.29 is 18.8 Å². The Morgan fingerprint density at radius 2 is 1.83 bits per heavy atom. The predicted octanol–water partition coefficient (Wildman–Crippen LogP) is 2.82. The Bertz CT molecular complexity index is 1170. The summed E-state index contributed by atoms with van der Waals surface area (Å²) in [6.45, 7) is 10.3. The SMILES string of the molecule is CCN(C)C(=O)C(=O)C1CNc2nc(C)c(C(=O)N3C[C@H](C)N(Cc4ccc(F)cc4)C[C@H]3C)cc21. The number of hydrogen-bond acceptors (Lipinski definition) is 6. The lowest BCUT2D eigenvalue weighted by Crippen LogP contribution is -2.57. The number of carbonyl (C=O) groups excluding carboxylic acids is 3. The molecule has 1 saturated heterocycles. The number of halogens is 1. The Labute approximate surface area is 211 Å². The molecule has 1 aromatic carbocycles. The van der Waals surface area contributed by atoms with Gasteiger partial charge in [-0.3, -0.25) is 19.3 Å². The van der Waals surface area contributed by atoms with Crippen molar-refractivity contribution in [3.8, 4) is 0 Å². The maximum absolute atomic E-state index is 13.7. The summed E-state index contributed by atoms with van der Waals surface area (Å²) in [4.78, 5) is 49.2. The van der Waals surface area contributed by atoms with E-state index in [0.29, 0.717) is 48.8 Å². The molecule has 4 rings (SSSR count). The van der Waals surface area contributed by atoms with E-state index in [1.54, 1.807) is 32.2 Å². The smallest absolute Gasteiger partial charge is 0.290 e. The van der Waals surface area contributed by atoms with Crippen LogP contribution >= 0.6 is 0 Å². The first-order chi connectivity index (χ1) is 17.1. The van der Waals surface area contributed by atoms with Gasteiger partial charge in [0.05, 0.1) is 17.2 Å². The van der Waals surface area contributed by atoms with Crippen LogP contribution in [0.25, 0.3) is 0 Å². The number of rotatable bonds is 6. The molecule has 0 aliphatic carbocycles. The minimum absolute atomic E-state index is 0.0443. The number of aromatic nitrogens is 1. The highest BCUT2D eigenvalue weighted by atomic mass is 19.1. The number of Topliss-reactive ketones (excluding diaryl/α,β-unsaturated/α-hetero) is 1. The second-order valence-electron chi connectivity index (χ2n) is 9.89. The van der Waals surface area contributed by atoms with E-state index < -0.39 is 17.6 Å². The third-order valence-corrected chi connectivity index (χ3v) is 7.35. The lowest BCUT2D eigenvalue weighted by molar-refractivity contribution is -0.144. The highest BCUT2D eigenvalue weighted by Gasteiger charge is 2.37. The monoisotopic (exact) mass is 495 g/mol. The Morgan fingerprint density at radius 1 is 1.14 bits per heavy atom. The van der Waals surface area contributed by atoms with Crippen LogP contribution in [-0.2, 0) is 16.1 Å². The summed E-state index contributed by atoms with van der Waals surface area (Å²) < 4.78 is 13.3.